The van der Waals surface area contributed by atoms with E-state index >= 15 is 0 Å². The van der Waals surface area contributed by atoms with Gasteiger partial charge in [0.2, 0.25) is 5.91 Å². The van der Waals surface area contributed by atoms with Gasteiger partial charge in [-0.25, -0.2) is 4.79 Å². The van der Waals surface area contributed by atoms with Gasteiger partial charge in [-0.2, -0.15) is 0 Å². The van der Waals surface area contributed by atoms with E-state index in [4.69, 9.17) is 4.74 Å². The molecule has 1 N–H and O–H groups in total. The third-order valence-electron chi connectivity index (χ3n) is 2.20. The largest absolute Gasteiger partial charge is 0.467 e. The summed E-state index contributed by atoms with van der Waals surface area (Å²) in [5.41, 5.74) is 0. The SMILES string of the molecule is COC(=O)C(COCC1CC1)NC(C)=O. The third kappa shape index (κ3) is 4.78. The van der Waals surface area contributed by atoms with Crippen molar-refractivity contribution >= 4 is 11.9 Å². The molecule has 15 heavy (non-hydrogen) atoms. The molecular weight excluding hydrogens is 198 g/mol. The van der Waals surface area contributed by atoms with Gasteiger partial charge in [-0.1, -0.05) is 0 Å². The summed E-state index contributed by atoms with van der Waals surface area (Å²) in [6, 6.07) is -0.689. The predicted molar refractivity (Wildman–Crippen MR) is 53.2 cm³/mol. The van der Waals surface area contributed by atoms with Gasteiger partial charge in [0, 0.05) is 13.5 Å². The first-order chi connectivity index (χ1) is 7.13. The second-order valence-electron chi connectivity index (χ2n) is 3.76. The number of ether oxygens (including phenoxy) is 2. The lowest BCUT2D eigenvalue weighted by Gasteiger charge is -2.15. The van der Waals surface area contributed by atoms with Crippen molar-refractivity contribution in [3.63, 3.8) is 0 Å². The molecule has 1 unspecified atom stereocenters. The number of rotatable bonds is 6. The molecule has 0 saturated heterocycles. The molecule has 0 aromatic rings. The standard InChI is InChI=1S/C10H17NO4/c1-7(12)11-9(10(13)14-2)6-15-5-8-3-4-8/h8-9H,3-6H2,1-2H3,(H,11,12). The van der Waals surface area contributed by atoms with Crippen molar-refractivity contribution in [2.24, 2.45) is 5.92 Å². The highest BCUT2D eigenvalue weighted by Crippen LogP contribution is 2.28. The topological polar surface area (TPSA) is 64.6 Å². The fourth-order valence-corrected chi connectivity index (χ4v) is 1.19. The molecule has 86 valence electrons. The molecule has 1 aliphatic carbocycles. The second kappa shape index (κ2) is 5.70. The molecule has 1 amide bonds. The number of hydrogen-bond acceptors (Lipinski definition) is 4. The van der Waals surface area contributed by atoms with Crippen molar-refractivity contribution in [2.45, 2.75) is 25.8 Å². The highest BCUT2D eigenvalue weighted by atomic mass is 16.5. The van der Waals surface area contributed by atoms with Crippen LogP contribution >= 0.6 is 0 Å². The minimum Gasteiger partial charge on any atom is -0.467 e. The van der Waals surface area contributed by atoms with E-state index in [1.807, 2.05) is 0 Å². The minimum absolute atomic E-state index is 0.183. The Morgan fingerprint density at radius 1 is 1.47 bits per heavy atom. The average molecular weight is 215 g/mol. The summed E-state index contributed by atoms with van der Waals surface area (Å²) in [7, 11) is 1.29. The highest BCUT2D eigenvalue weighted by molar-refractivity contribution is 5.83. The van der Waals surface area contributed by atoms with Crippen molar-refractivity contribution in [1.29, 1.82) is 0 Å². The Hall–Kier alpha value is -1.10. The summed E-state index contributed by atoms with van der Waals surface area (Å²) in [6.45, 7) is 2.20. The number of amides is 1. The van der Waals surface area contributed by atoms with Crippen LogP contribution < -0.4 is 5.32 Å². The maximum absolute atomic E-state index is 11.2. The van der Waals surface area contributed by atoms with E-state index in [1.165, 1.54) is 26.9 Å². The highest BCUT2D eigenvalue weighted by Gasteiger charge is 2.24. The molecule has 1 saturated carbocycles. The Balaban J connectivity index is 2.26. The quantitative estimate of drug-likeness (QED) is 0.638. The zero-order valence-electron chi connectivity index (χ0n) is 9.12. The fraction of sp³-hybridized carbons (Fsp3) is 0.800. The van der Waals surface area contributed by atoms with E-state index in [9.17, 15) is 9.59 Å². The fourth-order valence-electron chi connectivity index (χ4n) is 1.19. The minimum atomic E-state index is -0.689. The molecule has 5 nitrogen and oxygen atoms in total. The molecule has 5 heteroatoms. The molecule has 0 spiro atoms. The molecule has 0 heterocycles. The molecule has 0 bridgehead atoms. The summed E-state index contributed by atoms with van der Waals surface area (Å²) in [6.07, 6.45) is 2.39. The number of methoxy groups -OCH3 is 1. The molecule has 0 aromatic heterocycles. The lowest BCUT2D eigenvalue weighted by Crippen LogP contribution is -2.43. The van der Waals surface area contributed by atoms with Crippen LogP contribution in [0.15, 0.2) is 0 Å². The summed E-state index contributed by atoms with van der Waals surface area (Å²) < 4.78 is 9.88. The summed E-state index contributed by atoms with van der Waals surface area (Å²) >= 11 is 0. The number of carbonyl (C=O) groups is 2. The first kappa shape index (κ1) is 12.0. The smallest absolute Gasteiger partial charge is 0.330 e. The van der Waals surface area contributed by atoms with Crippen LogP contribution in [0.4, 0.5) is 0 Å². The van der Waals surface area contributed by atoms with Crippen molar-refractivity contribution in [3.8, 4) is 0 Å². The van der Waals surface area contributed by atoms with E-state index in [1.54, 1.807) is 0 Å². The van der Waals surface area contributed by atoms with Gasteiger partial charge in [0.15, 0.2) is 6.04 Å². The molecule has 1 atom stereocenters. The van der Waals surface area contributed by atoms with Crippen molar-refractivity contribution in [3.05, 3.63) is 0 Å². The zero-order chi connectivity index (χ0) is 11.3. The van der Waals surface area contributed by atoms with Gasteiger partial charge in [-0.15, -0.1) is 0 Å². The molecule has 0 aromatic carbocycles. The van der Waals surface area contributed by atoms with Crippen LogP contribution in [0.3, 0.4) is 0 Å². The number of carbonyl (C=O) groups excluding carboxylic acids is 2. The molecule has 1 rings (SSSR count). The van der Waals surface area contributed by atoms with E-state index in [0.717, 1.165) is 0 Å². The Kier molecular flexibility index (Phi) is 4.55. The van der Waals surface area contributed by atoms with Gasteiger partial charge in [-0.05, 0) is 18.8 Å². The second-order valence-corrected chi connectivity index (χ2v) is 3.76. The number of hydrogen-bond donors (Lipinski definition) is 1. The van der Waals surface area contributed by atoms with Crippen LogP contribution in [0.5, 0.6) is 0 Å². The zero-order valence-corrected chi connectivity index (χ0v) is 9.12. The number of esters is 1. The van der Waals surface area contributed by atoms with Gasteiger partial charge in [-0.3, -0.25) is 4.79 Å². The lowest BCUT2D eigenvalue weighted by molar-refractivity contribution is -0.146. The predicted octanol–water partition coefficient (Wildman–Crippen LogP) is 0.0907. The normalized spacial score (nSPS) is 16.9. The summed E-state index contributed by atoms with van der Waals surface area (Å²) in [5.74, 6) is -0.0953. The van der Waals surface area contributed by atoms with Crippen LogP contribution in [0, 0.1) is 5.92 Å². The first-order valence-corrected chi connectivity index (χ1v) is 5.06. The Morgan fingerprint density at radius 3 is 2.60 bits per heavy atom. The van der Waals surface area contributed by atoms with E-state index in [0.29, 0.717) is 12.5 Å². The van der Waals surface area contributed by atoms with Gasteiger partial charge < -0.3 is 14.8 Å². The maximum atomic E-state index is 11.2. The van der Waals surface area contributed by atoms with Crippen LogP contribution in [0.25, 0.3) is 0 Å². The van der Waals surface area contributed by atoms with Crippen LogP contribution in [-0.2, 0) is 19.1 Å². The molecule has 1 aliphatic rings. The van der Waals surface area contributed by atoms with Gasteiger partial charge in [0.1, 0.15) is 0 Å². The van der Waals surface area contributed by atoms with Crippen molar-refractivity contribution in [2.75, 3.05) is 20.3 Å². The van der Waals surface area contributed by atoms with E-state index < -0.39 is 12.0 Å². The molecular formula is C10H17NO4. The van der Waals surface area contributed by atoms with Crippen molar-refractivity contribution < 1.29 is 19.1 Å². The first-order valence-electron chi connectivity index (χ1n) is 5.06. The van der Waals surface area contributed by atoms with Crippen LogP contribution in [0.2, 0.25) is 0 Å². The summed E-state index contributed by atoms with van der Waals surface area (Å²) in [5, 5.41) is 2.49. The Morgan fingerprint density at radius 2 is 2.13 bits per heavy atom. The Labute approximate surface area is 89.1 Å². The van der Waals surface area contributed by atoms with Crippen molar-refractivity contribution in [1.82, 2.24) is 5.32 Å². The number of nitrogens with one attached hydrogen (secondary N) is 1. The van der Waals surface area contributed by atoms with Gasteiger partial charge in [0.25, 0.3) is 0 Å². The van der Waals surface area contributed by atoms with Crippen LogP contribution in [-0.4, -0.2) is 38.2 Å². The van der Waals surface area contributed by atoms with Crippen LogP contribution in [0.1, 0.15) is 19.8 Å². The van der Waals surface area contributed by atoms with E-state index in [2.05, 4.69) is 10.1 Å². The maximum Gasteiger partial charge on any atom is 0.330 e. The molecule has 1 fully saturated rings. The monoisotopic (exact) mass is 215 g/mol. The van der Waals surface area contributed by atoms with Gasteiger partial charge >= 0.3 is 5.97 Å². The van der Waals surface area contributed by atoms with Gasteiger partial charge in [0.05, 0.1) is 13.7 Å². The lowest BCUT2D eigenvalue weighted by atomic mass is 10.3. The Bertz CT molecular complexity index is 238. The third-order valence-corrected chi connectivity index (χ3v) is 2.20. The summed E-state index contributed by atoms with van der Waals surface area (Å²) in [4.78, 5) is 22.0. The van der Waals surface area contributed by atoms with E-state index in [-0.39, 0.29) is 12.5 Å². The average Bonchev–Trinajstić information content (AvgIpc) is 2.98. The molecule has 0 radical (unpaired) electrons. The molecule has 0 aliphatic heterocycles.